The van der Waals surface area contributed by atoms with Crippen LogP contribution in [0.4, 0.5) is 5.69 Å². The number of hydrogen-bond acceptors (Lipinski definition) is 5. The summed E-state index contributed by atoms with van der Waals surface area (Å²) in [6, 6.07) is 22.1. The first-order valence-electron chi connectivity index (χ1n) is 11.9. The van der Waals surface area contributed by atoms with Gasteiger partial charge in [-0.25, -0.2) is 0 Å². The molecule has 1 amide bonds. The Morgan fingerprint density at radius 2 is 1.75 bits per heavy atom. The number of ether oxygens (including phenoxy) is 1. The van der Waals surface area contributed by atoms with Gasteiger partial charge in [0.25, 0.3) is 5.91 Å². The van der Waals surface area contributed by atoms with Gasteiger partial charge in [-0.15, -0.1) is 0 Å². The summed E-state index contributed by atoms with van der Waals surface area (Å²) >= 11 is 0. The molecule has 0 saturated heterocycles. The highest BCUT2D eigenvalue weighted by atomic mass is 16.5. The molecule has 0 radical (unpaired) electrons. The average molecular weight is 478 g/mol. The second-order valence-corrected chi connectivity index (χ2v) is 9.61. The maximum atomic E-state index is 13.2. The standard InChI is InChI=1S/C30H27N3O3/c1-30(2)18-22-10-12-24(36-3)16-25(22)27(33-30)17-28(34)19-6-8-20(9-7-19)29(35)32-23-11-13-26-21(15-23)5-4-14-31-26/h4-16H,17-18H2,1-3H3,(H,32,35). The second-order valence-electron chi connectivity index (χ2n) is 9.61. The Morgan fingerprint density at radius 1 is 0.972 bits per heavy atom. The molecule has 36 heavy (non-hydrogen) atoms. The number of ketones is 1. The molecule has 4 aromatic rings. The zero-order valence-corrected chi connectivity index (χ0v) is 20.5. The monoisotopic (exact) mass is 477 g/mol. The molecule has 5 rings (SSSR count). The summed E-state index contributed by atoms with van der Waals surface area (Å²) in [6.07, 6.45) is 2.72. The van der Waals surface area contributed by atoms with E-state index in [2.05, 4.69) is 30.2 Å². The molecule has 0 saturated carbocycles. The first-order valence-corrected chi connectivity index (χ1v) is 11.9. The lowest BCUT2D eigenvalue weighted by molar-refractivity contribution is 0.0995. The van der Waals surface area contributed by atoms with Crippen LogP contribution in [0.3, 0.4) is 0 Å². The minimum Gasteiger partial charge on any atom is -0.497 e. The van der Waals surface area contributed by atoms with Gasteiger partial charge < -0.3 is 10.1 Å². The number of carbonyl (C=O) groups is 2. The average Bonchev–Trinajstić information content (AvgIpc) is 2.88. The first kappa shape index (κ1) is 23.4. The highest BCUT2D eigenvalue weighted by molar-refractivity contribution is 6.17. The van der Waals surface area contributed by atoms with Gasteiger partial charge in [-0.3, -0.25) is 19.6 Å². The van der Waals surface area contributed by atoms with E-state index in [9.17, 15) is 9.59 Å². The maximum Gasteiger partial charge on any atom is 0.255 e. The van der Waals surface area contributed by atoms with Gasteiger partial charge in [-0.2, -0.15) is 0 Å². The van der Waals surface area contributed by atoms with Crippen LogP contribution in [0.25, 0.3) is 10.9 Å². The van der Waals surface area contributed by atoms with Crippen LogP contribution in [0.5, 0.6) is 5.75 Å². The number of fused-ring (bicyclic) bond motifs is 2. The Labute approximate surface area is 210 Å². The van der Waals surface area contributed by atoms with Crippen LogP contribution < -0.4 is 10.1 Å². The molecule has 3 aromatic carbocycles. The lowest BCUT2D eigenvalue weighted by Crippen LogP contribution is -2.30. The third kappa shape index (κ3) is 4.89. The third-order valence-corrected chi connectivity index (χ3v) is 6.35. The van der Waals surface area contributed by atoms with Gasteiger partial charge in [-0.1, -0.05) is 24.3 Å². The normalized spacial score (nSPS) is 14.0. The number of nitrogens with zero attached hydrogens (tertiary/aromatic N) is 2. The SMILES string of the molecule is COc1ccc2c(c1)C(CC(=O)c1ccc(C(=O)Nc3ccc4ncccc4c3)cc1)=NC(C)(C)C2. The summed E-state index contributed by atoms with van der Waals surface area (Å²) in [4.78, 5) is 35.1. The number of rotatable bonds is 6. The molecule has 0 spiro atoms. The number of hydrogen-bond donors (Lipinski definition) is 1. The van der Waals surface area contributed by atoms with E-state index in [0.29, 0.717) is 16.8 Å². The number of anilines is 1. The van der Waals surface area contributed by atoms with E-state index < -0.39 is 0 Å². The Balaban J connectivity index is 1.31. The van der Waals surface area contributed by atoms with Crippen molar-refractivity contribution in [2.24, 2.45) is 4.99 Å². The van der Waals surface area contributed by atoms with Gasteiger partial charge in [0.1, 0.15) is 5.75 Å². The third-order valence-electron chi connectivity index (χ3n) is 6.35. The number of aromatic nitrogens is 1. The molecule has 1 aromatic heterocycles. The predicted octanol–water partition coefficient (Wildman–Crippen LogP) is 5.89. The van der Waals surface area contributed by atoms with Crippen molar-refractivity contribution in [3.63, 3.8) is 0 Å². The largest absolute Gasteiger partial charge is 0.497 e. The lowest BCUT2D eigenvalue weighted by Gasteiger charge is -2.29. The van der Waals surface area contributed by atoms with Crippen LogP contribution in [0, 0.1) is 0 Å². The number of aliphatic imine (C=N–C) groups is 1. The highest BCUT2D eigenvalue weighted by Gasteiger charge is 2.28. The van der Waals surface area contributed by atoms with Crippen LogP contribution >= 0.6 is 0 Å². The van der Waals surface area contributed by atoms with Gasteiger partial charge in [0.05, 0.1) is 30.3 Å². The van der Waals surface area contributed by atoms with E-state index >= 15 is 0 Å². The zero-order valence-electron chi connectivity index (χ0n) is 20.5. The van der Waals surface area contributed by atoms with Crippen molar-refractivity contribution >= 4 is 34.0 Å². The fourth-order valence-corrected chi connectivity index (χ4v) is 4.59. The fraction of sp³-hybridized carbons (Fsp3) is 0.200. The molecule has 0 fully saturated rings. The van der Waals surface area contributed by atoms with Crippen molar-refractivity contribution in [3.05, 3.63) is 101 Å². The van der Waals surface area contributed by atoms with Crippen molar-refractivity contribution in [2.75, 3.05) is 12.4 Å². The summed E-state index contributed by atoms with van der Waals surface area (Å²) in [6.45, 7) is 4.15. The highest BCUT2D eigenvalue weighted by Crippen LogP contribution is 2.31. The Morgan fingerprint density at radius 3 is 2.53 bits per heavy atom. The second kappa shape index (κ2) is 9.38. The van der Waals surface area contributed by atoms with Gasteiger partial charge >= 0.3 is 0 Å². The molecule has 0 bridgehead atoms. The van der Waals surface area contributed by atoms with Gasteiger partial charge in [0.2, 0.25) is 0 Å². The van der Waals surface area contributed by atoms with Crippen LogP contribution in [0.15, 0.2) is 84.0 Å². The van der Waals surface area contributed by atoms with Crippen LogP contribution in [0.2, 0.25) is 0 Å². The van der Waals surface area contributed by atoms with E-state index in [0.717, 1.165) is 39.9 Å². The number of pyridine rings is 1. The van der Waals surface area contributed by atoms with Crippen molar-refractivity contribution < 1.29 is 14.3 Å². The summed E-state index contributed by atoms with van der Waals surface area (Å²) in [7, 11) is 1.63. The number of Topliss-reactive ketones (excluding diaryl/α,β-unsaturated/α-hetero) is 1. The van der Waals surface area contributed by atoms with Crippen molar-refractivity contribution in [3.8, 4) is 5.75 Å². The van der Waals surface area contributed by atoms with E-state index in [1.807, 2.05) is 42.5 Å². The Kier molecular flexibility index (Phi) is 6.10. The van der Waals surface area contributed by atoms with Crippen LogP contribution in [-0.4, -0.2) is 35.0 Å². The van der Waals surface area contributed by atoms with Crippen LogP contribution in [-0.2, 0) is 6.42 Å². The van der Waals surface area contributed by atoms with E-state index in [1.54, 1.807) is 37.6 Å². The predicted molar refractivity (Wildman–Crippen MR) is 142 cm³/mol. The minimum atomic E-state index is -0.280. The van der Waals surface area contributed by atoms with E-state index in [4.69, 9.17) is 9.73 Å². The maximum absolute atomic E-state index is 13.2. The summed E-state index contributed by atoms with van der Waals surface area (Å²) < 4.78 is 5.39. The lowest BCUT2D eigenvalue weighted by atomic mass is 9.85. The Hall–Kier alpha value is -4.32. The number of benzene rings is 3. The van der Waals surface area contributed by atoms with Crippen molar-refractivity contribution in [1.29, 1.82) is 0 Å². The van der Waals surface area contributed by atoms with Gasteiger partial charge in [-0.05, 0) is 74.4 Å². The first-order chi connectivity index (χ1) is 17.3. The molecular weight excluding hydrogens is 450 g/mol. The molecule has 0 atom stereocenters. The number of amides is 1. The molecule has 0 unspecified atom stereocenters. The fourth-order valence-electron chi connectivity index (χ4n) is 4.59. The summed E-state index contributed by atoms with van der Waals surface area (Å²) in [5.74, 6) is 0.456. The molecule has 180 valence electrons. The molecule has 1 N–H and O–H groups in total. The van der Waals surface area contributed by atoms with E-state index in [-0.39, 0.29) is 23.7 Å². The molecule has 0 aliphatic carbocycles. The van der Waals surface area contributed by atoms with E-state index in [1.165, 1.54) is 0 Å². The van der Waals surface area contributed by atoms with Crippen molar-refractivity contribution in [1.82, 2.24) is 4.98 Å². The summed E-state index contributed by atoms with van der Waals surface area (Å²) in [5.41, 5.74) is 5.18. The number of nitrogens with one attached hydrogen (secondary N) is 1. The summed E-state index contributed by atoms with van der Waals surface area (Å²) in [5, 5.41) is 3.86. The Bertz CT molecular complexity index is 1500. The zero-order chi connectivity index (χ0) is 25.3. The molecule has 1 aliphatic rings. The van der Waals surface area contributed by atoms with Crippen molar-refractivity contribution in [2.45, 2.75) is 32.2 Å². The smallest absolute Gasteiger partial charge is 0.255 e. The molecular formula is C30H27N3O3. The van der Waals surface area contributed by atoms with Crippen LogP contribution in [0.1, 0.15) is 52.1 Å². The van der Waals surface area contributed by atoms with Gasteiger partial charge in [0.15, 0.2) is 5.78 Å². The number of methoxy groups -OCH3 is 1. The minimum absolute atomic E-state index is 0.0470. The number of carbonyl (C=O) groups excluding carboxylic acids is 2. The molecule has 1 aliphatic heterocycles. The molecule has 6 heteroatoms. The van der Waals surface area contributed by atoms with Gasteiger partial charge in [0, 0.05) is 34.0 Å². The molecule has 2 heterocycles. The quantitative estimate of drug-likeness (QED) is 0.351. The molecule has 6 nitrogen and oxygen atoms in total. The topological polar surface area (TPSA) is 80.7 Å².